The van der Waals surface area contributed by atoms with Crippen LogP contribution in [0.5, 0.6) is 0 Å². The Morgan fingerprint density at radius 1 is 1.39 bits per heavy atom. The number of methoxy groups -OCH3 is 1. The molecule has 0 saturated carbocycles. The molecule has 0 aliphatic heterocycles. The normalized spacial score (nSPS) is 13.1. The van der Waals surface area contributed by atoms with Gasteiger partial charge in [0.05, 0.1) is 12.0 Å². The summed E-state index contributed by atoms with van der Waals surface area (Å²) in [6.45, 7) is 1.68. The predicted molar refractivity (Wildman–Crippen MR) is 66.4 cm³/mol. The van der Waals surface area contributed by atoms with E-state index in [-0.39, 0.29) is 11.4 Å². The van der Waals surface area contributed by atoms with Crippen molar-refractivity contribution < 1.29 is 17.9 Å². The quantitative estimate of drug-likeness (QED) is 0.722. The van der Waals surface area contributed by atoms with Crippen molar-refractivity contribution >= 4 is 16.0 Å². The van der Waals surface area contributed by atoms with E-state index in [1.165, 1.54) is 19.2 Å². The summed E-state index contributed by atoms with van der Waals surface area (Å²) in [6, 6.07) is 5.18. The van der Waals surface area contributed by atoms with Gasteiger partial charge >= 0.3 is 5.97 Å². The van der Waals surface area contributed by atoms with Gasteiger partial charge in [0.15, 0.2) is 0 Å². The van der Waals surface area contributed by atoms with Gasteiger partial charge in [0.2, 0.25) is 10.0 Å². The van der Waals surface area contributed by atoms with E-state index in [4.69, 9.17) is 5.73 Å². The molecule has 7 heteroatoms. The van der Waals surface area contributed by atoms with Crippen LogP contribution in [0.3, 0.4) is 0 Å². The van der Waals surface area contributed by atoms with Gasteiger partial charge in [-0.3, -0.25) is 4.79 Å². The number of nitrogens with one attached hydrogen (secondary N) is 1. The minimum absolute atomic E-state index is 0.0791. The van der Waals surface area contributed by atoms with Gasteiger partial charge in [-0.25, -0.2) is 8.42 Å². The van der Waals surface area contributed by atoms with Crippen molar-refractivity contribution in [3.05, 3.63) is 29.8 Å². The van der Waals surface area contributed by atoms with Crippen molar-refractivity contribution in [1.82, 2.24) is 4.72 Å². The van der Waals surface area contributed by atoms with Gasteiger partial charge in [0.1, 0.15) is 6.04 Å². The minimum Gasteiger partial charge on any atom is -0.468 e. The molecule has 1 rings (SSSR count). The Balaban J connectivity index is 2.94. The van der Waals surface area contributed by atoms with Crippen molar-refractivity contribution in [3.8, 4) is 0 Å². The lowest BCUT2D eigenvalue weighted by Crippen LogP contribution is -2.46. The maximum absolute atomic E-state index is 12.0. The molecular weight excluding hydrogens is 256 g/mol. The molecule has 0 heterocycles. The van der Waals surface area contributed by atoms with E-state index in [2.05, 4.69) is 9.46 Å². The Morgan fingerprint density at radius 3 is 2.39 bits per heavy atom. The molecule has 0 amide bonds. The third kappa shape index (κ3) is 3.52. The van der Waals surface area contributed by atoms with Crippen molar-refractivity contribution in [2.24, 2.45) is 5.73 Å². The maximum Gasteiger partial charge on any atom is 0.325 e. The second kappa shape index (κ2) is 5.94. The second-order valence-corrected chi connectivity index (χ2v) is 5.46. The number of nitrogens with two attached hydrogens (primary N) is 1. The van der Waals surface area contributed by atoms with Gasteiger partial charge in [-0.2, -0.15) is 4.72 Å². The van der Waals surface area contributed by atoms with Crippen molar-refractivity contribution in [2.45, 2.75) is 17.9 Å². The molecule has 1 aromatic carbocycles. The molecule has 0 spiro atoms. The number of carbonyl (C=O) groups is 1. The van der Waals surface area contributed by atoms with Gasteiger partial charge in [-0.15, -0.1) is 0 Å². The number of hydrogen-bond acceptors (Lipinski definition) is 5. The zero-order valence-electron chi connectivity index (χ0n) is 10.2. The zero-order valence-corrected chi connectivity index (χ0v) is 11.0. The van der Waals surface area contributed by atoms with E-state index < -0.39 is 22.0 Å². The standard InChI is InChI=1S/C11H16N2O4S/c1-8-3-5-9(6-4-8)18(15,16)13-10(7-12)11(14)17-2/h3-6,10,13H,7,12H2,1-2H3. The van der Waals surface area contributed by atoms with Crippen LogP contribution in [0.4, 0.5) is 0 Å². The molecule has 0 aromatic heterocycles. The van der Waals surface area contributed by atoms with E-state index in [9.17, 15) is 13.2 Å². The Kier molecular flexibility index (Phi) is 4.83. The van der Waals surface area contributed by atoms with E-state index >= 15 is 0 Å². The van der Waals surface area contributed by atoms with E-state index in [0.29, 0.717) is 0 Å². The summed E-state index contributed by atoms with van der Waals surface area (Å²) in [5.74, 6) is -0.715. The summed E-state index contributed by atoms with van der Waals surface area (Å²) in [4.78, 5) is 11.4. The smallest absolute Gasteiger partial charge is 0.325 e. The first kappa shape index (κ1) is 14.6. The summed E-state index contributed by atoms with van der Waals surface area (Å²) in [6.07, 6.45) is 0. The number of hydrogen-bond donors (Lipinski definition) is 2. The molecule has 18 heavy (non-hydrogen) atoms. The number of ether oxygens (including phenoxy) is 1. The van der Waals surface area contributed by atoms with Crippen LogP contribution in [0.15, 0.2) is 29.2 Å². The Labute approximate surface area is 106 Å². The Hall–Kier alpha value is -1.44. The maximum atomic E-state index is 12.0. The molecule has 0 saturated heterocycles. The third-order valence-electron chi connectivity index (χ3n) is 2.35. The van der Waals surface area contributed by atoms with Crippen LogP contribution in [0, 0.1) is 6.92 Å². The molecule has 100 valence electrons. The summed E-state index contributed by atoms with van der Waals surface area (Å²) < 4.78 is 30.6. The lowest BCUT2D eigenvalue weighted by molar-refractivity contribution is -0.142. The Bertz CT molecular complexity index is 510. The molecule has 1 unspecified atom stereocenters. The van der Waals surface area contributed by atoms with Crippen LogP contribution in [0.1, 0.15) is 5.56 Å². The van der Waals surface area contributed by atoms with E-state index in [1.54, 1.807) is 12.1 Å². The lowest BCUT2D eigenvalue weighted by Gasteiger charge is -2.14. The highest BCUT2D eigenvalue weighted by Crippen LogP contribution is 2.10. The van der Waals surface area contributed by atoms with Gasteiger partial charge in [-0.05, 0) is 19.1 Å². The number of aryl methyl sites for hydroxylation is 1. The molecule has 1 aromatic rings. The van der Waals surface area contributed by atoms with Crippen molar-refractivity contribution in [1.29, 1.82) is 0 Å². The van der Waals surface area contributed by atoms with Crippen molar-refractivity contribution in [3.63, 3.8) is 0 Å². The third-order valence-corrected chi connectivity index (χ3v) is 3.84. The first-order valence-corrected chi connectivity index (χ1v) is 6.76. The fourth-order valence-corrected chi connectivity index (χ4v) is 2.50. The first-order valence-electron chi connectivity index (χ1n) is 5.27. The highest BCUT2D eigenvalue weighted by atomic mass is 32.2. The largest absolute Gasteiger partial charge is 0.468 e. The molecular formula is C11H16N2O4S. The van der Waals surface area contributed by atoms with Gasteiger partial charge in [0.25, 0.3) is 0 Å². The lowest BCUT2D eigenvalue weighted by atomic mass is 10.2. The van der Waals surface area contributed by atoms with Gasteiger partial charge in [0, 0.05) is 6.54 Å². The zero-order chi connectivity index (χ0) is 13.8. The van der Waals surface area contributed by atoms with Crippen LogP contribution in [-0.2, 0) is 19.6 Å². The molecule has 6 nitrogen and oxygen atoms in total. The fraction of sp³-hybridized carbons (Fsp3) is 0.364. The van der Waals surface area contributed by atoms with Gasteiger partial charge < -0.3 is 10.5 Å². The molecule has 3 N–H and O–H groups in total. The monoisotopic (exact) mass is 272 g/mol. The molecule has 0 bridgehead atoms. The predicted octanol–water partition coefficient (Wildman–Crippen LogP) is -0.226. The van der Waals surface area contributed by atoms with E-state index in [1.807, 2.05) is 6.92 Å². The average molecular weight is 272 g/mol. The minimum atomic E-state index is -3.77. The number of carbonyl (C=O) groups excluding carboxylic acids is 1. The molecule has 0 aliphatic rings. The fourth-order valence-electron chi connectivity index (χ4n) is 1.31. The first-order chi connectivity index (χ1) is 8.40. The highest BCUT2D eigenvalue weighted by Gasteiger charge is 2.24. The summed E-state index contributed by atoms with van der Waals surface area (Å²) in [5.41, 5.74) is 6.27. The van der Waals surface area contributed by atoms with E-state index in [0.717, 1.165) is 5.56 Å². The molecule has 0 aliphatic carbocycles. The Morgan fingerprint density at radius 2 is 1.94 bits per heavy atom. The molecule has 1 atom stereocenters. The van der Waals surface area contributed by atoms with Crippen LogP contribution < -0.4 is 10.5 Å². The molecule has 0 fully saturated rings. The van der Waals surface area contributed by atoms with Crippen LogP contribution in [0.25, 0.3) is 0 Å². The van der Waals surface area contributed by atoms with Crippen molar-refractivity contribution in [2.75, 3.05) is 13.7 Å². The molecule has 0 radical (unpaired) electrons. The topological polar surface area (TPSA) is 98.5 Å². The number of benzene rings is 1. The number of rotatable bonds is 5. The second-order valence-electron chi connectivity index (χ2n) is 3.75. The summed E-state index contributed by atoms with van der Waals surface area (Å²) in [5, 5.41) is 0. The number of sulfonamides is 1. The number of esters is 1. The van der Waals surface area contributed by atoms with Crippen LogP contribution in [-0.4, -0.2) is 34.1 Å². The average Bonchev–Trinajstić information content (AvgIpc) is 2.35. The van der Waals surface area contributed by atoms with Crippen LogP contribution >= 0.6 is 0 Å². The summed E-state index contributed by atoms with van der Waals surface area (Å²) >= 11 is 0. The highest BCUT2D eigenvalue weighted by molar-refractivity contribution is 7.89. The van der Waals surface area contributed by atoms with Crippen LogP contribution in [0.2, 0.25) is 0 Å². The SMILES string of the molecule is COC(=O)C(CN)NS(=O)(=O)c1ccc(C)cc1. The van der Waals surface area contributed by atoms with Gasteiger partial charge in [-0.1, -0.05) is 17.7 Å². The summed E-state index contributed by atoms with van der Waals surface area (Å²) in [7, 11) is -2.60.